The second kappa shape index (κ2) is 8.32. The van der Waals surface area contributed by atoms with Crippen molar-refractivity contribution in [3.05, 3.63) is 121 Å². The van der Waals surface area contributed by atoms with Crippen molar-refractivity contribution in [1.29, 1.82) is 0 Å². The van der Waals surface area contributed by atoms with Crippen LogP contribution in [0.25, 0.3) is 22.0 Å². The van der Waals surface area contributed by atoms with Gasteiger partial charge in [0.05, 0.1) is 16.9 Å². The Morgan fingerprint density at radius 1 is 0.844 bits per heavy atom. The van der Waals surface area contributed by atoms with Crippen LogP contribution in [0, 0.1) is 0 Å². The summed E-state index contributed by atoms with van der Waals surface area (Å²) in [7, 11) is 0. The first-order chi connectivity index (χ1) is 15.6. The lowest BCUT2D eigenvalue weighted by atomic mass is 10.0. The van der Waals surface area contributed by atoms with Crippen LogP contribution >= 0.6 is 11.3 Å². The molecular formula is C26H20N2O3S. The van der Waals surface area contributed by atoms with Gasteiger partial charge in [-0.25, -0.2) is 0 Å². The maximum atomic E-state index is 13.4. The quantitative estimate of drug-likeness (QED) is 0.414. The van der Waals surface area contributed by atoms with Crippen molar-refractivity contribution >= 4 is 22.2 Å². The molecule has 6 heteroatoms. The summed E-state index contributed by atoms with van der Waals surface area (Å²) >= 11 is 0.923. The van der Waals surface area contributed by atoms with Gasteiger partial charge in [-0.3, -0.25) is 14.6 Å². The molecule has 0 bridgehead atoms. The number of nitrogens with zero attached hydrogens (tertiary/aromatic N) is 1. The maximum Gasteiger partial charge on any atom is 0.307 e. The molecule has 0 saturated carbocycles. The largest absolute Gasteiger partial charge is 0.494 e. The Labute approximate surface area is 187 Å². The van der Waals surface area contributed by atoms with Crippen LogP contribution in [-0.2, 0) is 13.0 Å². The molecule has 0 aliphatic heterocycles. The highest BCUT2D eigenvalue weighted by Gasteiger charge is 2.14. The molecule has 158 valence electrons. The summed E-state index contributed by atoms with van der Waals surface area (Å²) < 4.78 is 1.76. The van der Waals surface area contributed by atoms with Gasteiger partial charge in [0.25, 0.3) is 5.56 Å². The number of fused-ring (bicyclic) bond motifs is 1. The first-order valence-electron chi connectivity index (χ1n) is 10.3. The summed E-state index contributed by atoms with van der Waals surface area (Å²) in [6.45, 7) is 0.428. The molecule has 0 radical (unpaired) electrons. The van der Waals surface area contributed by atoms with E-state index < -0.39 is 0 Å². The van der Waals surface area contributed by atoms with E-state index >= 15 is 0 Å². The van der Waals surface area contributed by atoms with Gasteiger partial charge in [-0.1, -0.05) is 84.1 Å². The zero-order valence-electron chi connectivity index (χ0n) is 17.1. The number of hydrogen-bond donors (Lipinski definition) is 2. The van der Waals surface area contributed by atoms with Gasteiger partial charge in [0.15, 0.2) is 0 Å². The van der Waals surface area contributed by atoms with Gasteiger partial charge in [0.1, 0.15) is 0 Å². The number of thiazole rings is 1. The average molecular weight is 441 g/mol. The topological polar surface area (TPSA) is 75.1 Å². The number of nitrogens with one attached hydrogen (secondary N) is 1. The summed E-state index contributed by atoms with van der Waals surface area (Å²) in [5.74, 6) is -0.171. The van der Waals surface area contributed by atoms with Crippen LogP contribution in [-0.4, -0.2) is 14.7 Å². The molecule has 5 rings (SSSR count). The third kappa shape index (κ3) is 3.88. The normalized spacial score (nSPS) is 11.1. The number of benzene rings is 3. The van der Waals surface area contributed by atoms with Crippen LogP contribution in [0.15, 0.2) is 94.5 Å². The number of pyridine rings is 1. The summed E-state index contributed by atoms with van der Waals surface area (Å²) in [5.41, 5.74) is 4.54. The first-order valence-corrected chi connectivity index (χ1v) is 11.1. The first kappa shape index (κ1) is 20.0. The van der Waals surface area contributed by atoms with E-state index in [0.29, 0.717) is 17.0 Å². The van der Waals surface area contributed by atoms with Crippen molar-refractivity contribution in [3.8, 4) is 17.0 Å². The molecule has 2 aromatic heterocycles. The Morgan fingerprint density at radius 2 is 1.53 bits per heavy atom. The summed E-state index contributed by atoms with van der Waals surface area (Å²) in [5, 5.41) is 10.9. The fourth-order valence-electron chi connectivity index (χ4n) is 3.93. The van der Waals surface area contributed by atoms with E-state index in [-0.39, 0.29) is 22.7 Å². The third-order valence-corrected chi connectivity index (χ3v) is 6.40. The molecule has 0 unspecified atom stereocenters. The van der Waals surface area contributed by atoms with E-state index in [1.165, 1.54) is 0 Å². The second-order valence-electron chi connectivity index (χ2n) is 7.65. The van der Waals surface area contributed by atoms with Gasteiger partial charge < -0.3 is 9.67 Å². The Morgan fingerprint density at radius 3 is 2.25 bits per heavy atom. The smallest absolute Gasteiger partial charge is 0.307 e. The zero-order chi connectivity index (χ0) is 22.1. The Hall–Kier alpha value is -3.90. The molecule has 0 saturated heterocycles. The third-order valence-electron chi connectivity index (χ3n) is 5.53. The molecule has 0 atom stereocenters. The molecule has 3 aromatic carbocycles. The standard InChI is InChI=1S/C26H20N2O3S/c29-24-23(32-26(31)27-24)15-21-14-20-8-4-5-9-22(20)28(25(21)30)16-17-10-12-19(13-11-17)18-6-2-1-3-7-18/h1-14,29H,15-16H2,(H,27,31). The van der Waals surface area contributed by atoms with Crippen molar-refractivity contribution in [2.75, 3.05) is 0 Å². The fraction of sp³-hybridized carbons (Fsp3) is 0.0769. The lowest BCUT2D eigenvalue weighted by Crippen LogP contribution is -2.24. The number of aromatic nitrogens is 2. The number of hydrogen-bond acceptors (Lipinski definition) is 4. The van der Waals surface area contributed by atoms with Crippen molar-refractivity contribution < 1.29 is 5.11 Å². The van der Waals surface area contributed by atoms with Crippen LogP contribution in [0.4, 0.5) is 0 Å². The minimum Gasteiger partial charge on any atom is -0.494 e. The fourth-order valence-corrected chi connectivity index (χ4v) is 4.68. The van der Waals surface area contributed by atoms with Crippen LogP contribution in [0.2, 0.25) is 0 Å². The van der Waals surface area contributed by atoms with Gasteiger partial charge in [-0.05, 0) is 34.2 Å². The van der Waals surface area contributed by atoms with Crippen molar-refractivity contribution in [2.24, 2.45) is 0 Å². The van der Waals surface area contributed by atoms with E-state index in [4.69, 9.17) is 0 Å². The van der Waals surface area contributed by atoms with Crippen LogP contribution in [0.3, 0.4) is 0 Å². The van der Waals surface area contributed by atoms with Crippen molar-refractivity contribution in [2.45, 2.75) is 13.0 Å². The highest BCUT2D eigenvalue weighted by Crippen LogP contribution is 2.23. The summed E-state index contributed by atoms with van der Waals surface area (Å²) in [4.78, 5) is 27.4. The van der Waals surface area contributed by atoms with Gasteiger partial charge >= 0.3 is 4.87 Å². The Balaban J connectivity index is 1.54. The molecule has 32 heavy (non-hydrogen) atoms. The molecule has 5 nitrogen and oxygen atoms in total. The molecule has 0 aliphatic carbocycles. The lowest BCUT2D eigenvalue weighted by molar-refractivity contribution is 0.451. The lowest BCUT2D eigenvalue weighted by Gasteiger charge is -2.13. The monoisotopic (exact) mass is 440 g/mol. The number of aromatic amines is 1. The molecule has 0 spiro atoms. The second-order valence-corrected chi connectivity index (χ2v) is 8.71. The summed E-state index contributed by atoms with van der Waals surface area (Å²) in [6, 6.07) is 28.0. The van der Waals surface area contributed by atoms with Gasteiger partial charge in [0, 0.05) is 12.0 Å². The minimum atomic E-state index is -0.336. The number of para-hydroxylation sites is 1. The molecule has 5 aromatic rings. The van der Waals surface area contributed by atoms with Crippen LogP contribution in [0.5, 0.6) is 5.88 Å². The molecule has 0 fully saturated rings. The minimum absolute atomic E-state index is 0.129. The molecule has 2 N–H and O–H groups in total. The maximum absolute atomic E-state index is 13.4. The van der Waals surface area contributed by atoms with E-state index in [1.807, 2.05) is 60.7 Å². The summed E-state index contributed by atoms with van der Waals surface area (Å²) in [6.07, 6.45) is 0.200. The Kier molecular flexibility index (Phi) is 5.21. The predicted octanol–water partition coefficient (Wildman–Crippen LogP) is 4.76. The van der Waals surface area contributed by atoms with Crippen LogP contribution in [0.1, 0.15) is 16.0 Å². The zero-order valence-corrected chi connectivity index (χ0v) is 17.9. The SMILES string of the molecule is O=c1[nH]c(O)c(Cc2cc3ccccc3n(Cc3ccc(-c4ccccc4)cc3)c2=O)s1. The van der Waals surface area contributed by atoms with Crippen molar-refractivity contribution in [1.82, 2.24) is 9.55 Å². The van der Waals surface area contributed by atoms with Crippen LogP contribution < -0.4 is 10.4 Å². The number of H-pyrrole nitrogens is 1. The van der Waals surface area contributed by atoms with E-state index in [9.17, 15) is 14.7 Å². The van der Waals surface area contributed by atoms with Gasteiger partial charge in [0.2, 0.25) is 5.88 Å². The van der Waals surface area contributed by atoms with E-state index in [1.54, 1.807) is 4.57 Å². The number of rotatable bonds is 5. The molecule has 2 heterocycles. The van der Waals surface area contributed by atoms with Crippen molar-refractivity contribution in [3.63, 3.8) is 0 Å². The molecular weight excluding hydrogens is 420 g/mol. The van der Waals surface area contributed by atoms with Gasteiger partial charge in [-0.2, -0.15) is 0 Å². The molecule has 0 aliphatic rings. The van der Waals surface area contributed by atoms with Gasteiger partial charge in [-0.15, -0.1) is 0 Å². The Bertz CT molecular complexity index is 1510. The van der Waals surface area contributed by atoms with E-state index in [2.05, 4.69) is 29.2 Å². The average Bonchev–Trinajstić information content (AvgIpc) is 3.14. The van der Waals surface area contributed by atoms with E-state index in [0.717, 1.165) is 38.9 Å². The highest BCUT2D eigenvalue weighted by molar-refractivity contribution is 7.09. The number of aromatic hydroxyl groups is 1. The predicted molar refractivity (Wildman–Crippen MR) is 129 cm³/mol. The highest BCUT2D eigenvalue weighted by atomic mass is 32.1. The molecule has 0 amide bonds.